The van der Waals surface area contributed by atoms with Gasteiger partial charge in [0.1, 0.15) is 5.56 Å². The predicted molar refractivity (Wildman–Crippen MR) is 45.2 cm³/mol. The molecule has 0 aliphatic carbocycles. The first-order valence-electron chi connectivity index (χ1n) is 3.51. The number of nitrogens with two attached hydrogens (primary N) is 1. The number of carbonyl (C=O) groups excluding carboxylic acids is 1. The number of carbonyl (C=O) groups is 1. The molecule has 1 rings (SSSR count). The number of hydrogen-bond acceptors (Lipinski definition) is 5. The second-order valence-electron chi connectivity index (χ2n) is 2.62. The zero-order chi connectivity index (χ0) is 11.0. The monoisotopic (exact) mass is 200 g/mol. The average molecular weight is 200 g/mol. The van der Waals surface area contributed by atoms with E-state index in [1.54, 1.807) is 0 Å². The second kappa shape index (κ2) is 2.95. The number of nitrogens with zero attached hydrogens (tertiary/aromatic N) is 1. The van der Waals surface area contributed by atoms with Gasteiger partial charge in [-0.25, -0.2) is 0 Å². The van der Waals surface area contributed by atoms with Crippen LogP contribution in [-0.4, -0.2) is 25.8 Å². The molecule has 76 valence electrons. The Morgan fingerprint density at radius 3 is 2.21 bits per heavy atom. The SMILES string of the molecule is Cn1c(O)c(C(N)=O)c(O)c(O)c1=O. The van der Waals surface area contributed by atoms with E-state index in [4.69, 9.17) is 15.9 Å². The van der Waals surface area contributed by atoms with Crippen LogP contribution in [0.3, 0.4) is 0 Å². The Hall–Kier alpha value is -2.18. The summed E-state index contributed by atoms with van der Waals surface area (Å²) in [5, 5.41) is 27.4. The maximum Gasteiger partial charge on any atom is 0.299 e. The third kappa shape index (κ3) is 1.15. The van der Waals surface area contributed by atoms with Gasteiger partial charge in [0, 0.05) is 7.05 Å². The molecule has 0 fully saturated rings. The van der Waals surface area contributed by atoms with Crippen LogP contribution in [0, 0.1) is 0 Å². The number of pyridine rings is 1. The number of primary amides is 1. The predicted octanol–water partition coefficient (Wildman–Crippen LogP) is -1.40. The van der Waals surface area contributed by atoms with E-state index in [0.717, 1.165) is 7.05 Å². The van der Waals surface area contributed by atoms with Crippen molar-refractivity contribution in [1.29, 1.82) is 0 Å². The highest BCUT2D eigenvalue weighted by atomic mass is 16.3. The van der Waals surface area contributed by atoms with Gasteiger partial charge in [0.25, 0.3) is 11.5 Å². The summed E-state index contributed by atoms with van der Waals surface area (Å²) in [5.41, 5.74) is 3.10. The number of aromatic hydroxyl groups is 3. The second-order valence-corrected chi connectivity index (χ2v) is 2.62. The van der Waals surface area contributed by atoms with Crippen molar-refractivity contribution in [3.63, 3.8) is 0 Å². The molecule has 0 spiro atoms. The molecule has 0 radical (unpaired) electrons. The Morgan fingerprint density at radius 1 is 1.29 bits per heavy atom. The Labute approximate surface area is 77.6 Å². The van der Waals surface area contributed by atoms with E-state index < -0.39 is 34.4 Å². The van der Waals surface area contributed by atoms with Crippen molar-refractivity contribution in [2.75, 3.05) is 0 Å². The highest BCUT2D eigenvalue weighted by Crippen LogP contribution is 2.30. The van der Waals surface area contributed by atoms with Crippen LogP contribution in [0.25, 0.3) is 0 Å². The van der Waals surface area contributed by atoms with E-state index in [2.05, 4.69) is 0 Å². The molecule has 0 bridgehead atoms. The maximum atomic E-state index is 11.0. The van der Waals surface area contributed by atoms with Crippen molar-refractivity contribution in [2.45, 2.75) is 0 Å². The van der Waals surface area contributed by atoms with E-state index >= 15 is 0 Å². The summed E-state index contributed by atoms with van der Waals surface area (Å²) in [6.07, 6.45) is 0. The van der Waals surface area contributed by atoms with Crippen LogP contribution in [0.5, 0.6) is 17.4 Å². The lowest BCUT2D eigenvalue weighted by Gasteiger charge is -2.08. The van der Waals surface area contributed by atoms with Crippen LogP contribution in [0.2, 0.25) is 0 Å². The number of hydrogen-bond donors (Lipinski definition) is 4. The highest BCUT2D eigenvalue weighted by Gasteiger charge is 2.22. The summed E-state index contributed by atoms with van der Waals surface area (Å²) in [7, 11) is 1.11. The molecule has 5 N–H and O–H groups in total. The topological polar surface area (TPSA) is 126 Å². The molecule has 1 aromatic rings. The van der Waals surface area contributed by atoms with Crippen molar-refractivity contribution < 1.29 is 20.1 Å². The molecule has 0 atom stereocenters. The Morgan fingerprint density at radius 2 is 1.79 bits per heavy atom. The minimum absolute atomic E-state index is 0.592. The van der Waals surface area contributed by atoms with Gasteiger partial charge in [-0.3, -0.25) is 14.2 Å². The summed E-state index contributed by atoms with van der Waals surface area (Å²) in [5.74, 6) is -3.99. The van der Waals surface area contributed by atoms with Crippen LogP contribution in [0.15, 0.2) is 4.79 Å². The lowest BCUT2D eigenvalue weighted by molar-refractivity contribution is 0.0992. The number of aromatic nitrogens is 1. The zero-order valence-corrected chi connectivity index (χ0v) is 7.18. The first kappa shape index (κ1) is 9.90. The fourth-order valence-corrected chi connectivity index (χ4v) is 0.975. The van der Waals surface area contributed by atoms with Crippen molar-refractivity contribution >= 4 is 5.91 Å². The van der Waals surface area contributed by atoms with Crippen molar-refractivity contribution in [3.05, 3.63) is 15.9 Å². The molecule has 0 aliphatic rings. The van der Waals surface area contributed by atoms with Gasteiger partial charge in [0.2, 0.25) is 11.6 Å². The molecule has 0 unspecified atom stereocenters. The standard InChI is InChI=1S/C7H8N2O5/c1-9-6(13)2(5(8)12)3(10)4(11)7(9)14/h10-11,13H,1H3,(H2,8,12). The third-order valence-corrected chi connectivity index (χ3v) is 1.76. The van der Waals surface area contributed by atoms with Crippen molar-refractivity contribution in [2.24, 2.45) is 12.8 Å². The quantitative estimate of drug-likeness (QED) is 0.443. The normalized spacial score (nSPS) is 10.1. The van der Waals surface area contributed by atoms with E-state index in [9.17, 15) is 14.7 Å². The highest BCUT2D eigenvalue weighted by molar-refractivity contribution is 5.98. The molecule has 1 heterocycles. The van der Waals surface area contributed by atoms with Crippen LogP contribution < -0.4 is 11.3 Å². The third-order valence-electron chi connectivity index (χ3n) is 1.76. The van der Waals surface area contributed by atoms with Crippen molar-refractivity contribution in [1.82, 2.24) is 4.57 Å². The summed E-state index contributed by atoms with van der Waals surface area (Å²) in [4.78, 5) is 21.8. The lowest BCUT2D eigenvalue weighted by Crippen LogP contribution is -2.21. The van der Waals surface area contributed by atoms with E-state index in [1.807, 2.05) is 0 Å². The largest absolute Gasteiger partial charge is 0.503 e. The molecule has 14 heavy (non-hydrogen) atoms. The van der Waals surface area contributed by atoms with Crippen LogP contribution in [0.1, 0.15) is 10.4 Å². The summed E-state index contributed by atoms with van der Waals surface area (Å²) in [6, 6.07) is 0. The first-order chi connectivity index (χ1) is 6.37. The molecule has 1 amide bonds. The fourth-order valence-electron chi connectivity index (χ4n) is 0.975. The molecule has 0 saturated carbocycles. The summed E-state index contributed by atoms with van der Waals surface area (Å²) in [6.45, 7) is 0. The van der Waals surface area contributed by atoms with E-state index in [0.29, 0.717) is 4.57 Å². The van der Waals surface area contributed by atoms with Gasteiger partial charge in [0.15, 0.2) is 5.75 Å². The van der Waals surface area contributed by atoms with Gasteiger partial charge >= 0.3 is 0 Å². The molecule has 0 saturated heterocycles. The van der Waals surface area contributed by atoms with Crippen LogP contribution in [0.4, 0.5) is 0 Å². The van der Waals surface area contributed by atoms with Gasteiger partial charge in [0.05, 0.1) is 0 Å². The number of rotatable bonds is 1. The van der Waals surface area contributed by atoms with E-state index in [1.165, 1.54) is 0 Å². The maximum absolute atomic E-state index is 11.0. The van der Waals surface area contributed by atoms with Gasteiger partial charge in [-0.05, 0) is 0 Å². The van der Waals surface area contributed by atoms with Gasteiger partial charge < -0.3 is 21.1 Å². The molecule has 0 aromatic carbocycles. The lowest BCUT2D eigenvalue weighted by atomic mass is 10.2. The van der Waals surface area contributed by atoms with Crippen LogP contribution in [-0.2, 0) is 7.05 Å². The average Bonchev–Trinajstić information content (AvgIpc) is 2.11. The molecule has 1 aromatic heterocycles. The minimum atomic E-state index is -1.15. The Bertz CT molecular complexity index is 430. The van der Waals surface area contributed by atoms with Gasteiger partial charge in [-0.2, -0.15) is 0 Å². The van der Waals surface area contributed by atoms with Crippen LogP contribution >= 0.6 is 0 Å². The first-order valence-corrected chi connectivity index (χ1v) is 3.51. The van der Waals surface area contributed by atoms with Gasteiger partial charge in [-0.1, -0.05) is 0 Å². The fraction of sp³-hybridized carbons (Fsp3) is 0.143. The molecular weight excluding hydrogens is 192 g/mol. The van der Waals surface area contributed by atoms with E-state index in [-0.39, 0.29) is 0 Å². The minimum Gasteiger partial charge on any atom is -0.503 e. The van der Waals surface area contributed by atoms with Crippen molar-refractivity contribution in [3.8, 4) is 17.4 Å². The summed E-state index contributed by atoms with van der Waals surface area (Å²) < 4.78 is 0.592. The molecule has 7 nitrogen and oxygen atoms in total. The Balaban J connectivity index is 3.78. The van der Waals surface area contributed by atoms with Gasteiger partial charge in [-0.15, -0.1) is 0 Å². The number of amides is 1. The molecule has 7 heteroatoms. The summed E-state index contributed by atoms with van der Waals surface area (Å²) >= 11 is 0. The zero-order valence-electron chi connectivity index (χ0n) is 7.18. The smallest absolute Gasteiger partial charge is 0.299 e. The molecular formula is C7H8N2O5. The Kier molecular flexibility index (Phi) is 2.08. The molecule has 0 aliphatic heterocycles.